The van der Waals surface area contributed by atoms with Crippen molar-refractivity contribution in [2.45, 2.75) is 19.9 Å². The lowest BCUT2D eigenvalue weighted by Crippen LogP contribution is -2.16. The van der Waals surface area contributed by atoms with Crippen LogP contribution in [0.3, 0.4) is 0 Å². The standard InChI is InChI=1S/C13H13IN4O3/c1-9-10(14)8-15-17(9)7-6-13(19)16-11-4-2-3-5-12(11)18(20)21/h2-5,8H,6-7H2,1H3,(H,16,19). The highest BCUT2D eigenvalue weighted by molar-refractivity contribution is 14.1. The molecule has 1 aromatic heterocycles. The van der Waals surface area contributed by atoms with E-state index in [4.69, 9.17) is 0 Å². The Hall–Kier alpha value is -1.97. The van der Waals surface area contributed by atoms with Crippen molar-refractivity contribution in [3.8, 4) is 0 Å². The molecule has 0 unspecified atom stereocenters. The maximum Gasteiger partial charge on any atom is 0.292 e. The van der Waals surface area contributed by atoms with E-state index < -0.39 is 4.92 Å². The van der Waals surface area contributed by atoms with Crippen molar-refractivity contribution in [1.82, 2.24) is 9.78 Å². The van der Waals surface area contributed by atoms with E-state index in [0.717, 1.165) is 9.26 Å². The number of hydrogen-bond acceptors (Lipinski definition) is 4. The number of amides is 1. The quantitative estimate of drug-likeness (QED) is 0.475. The second-order valence-electron chi connectivity index (χ2n) is 4.37. The number of carbonyl (C=O) groups excluding carboxylic acids is 1. The van der Waals surface area contributed by atoms with Crippen LogP contribution in [0.15, 0.2) is 30.5 Å². The average Bonchev–Trinajstić information content (AvgIpc) is 2.77. The van der Waals surface area contributed by atoms with Crippen LogP contribution in [-0.2, 0) is 11.3 Å². The zero-order valence-corrected chi connectivity index (χ0v) is 13.4. The second kappa shape index (κ2) is 6.66. The average molecular weight is 400 g/mol. The van der Waals surface area contributed by atoms with Gasteiger partial charge < -0.3 is 5.32 Å². The largest absolute Gasteiger partial charge is 0.320 e. The normalized spacial score (nSPS) is 10.4. The number of carbonyl (C=O) groups is 1. The highest BCUT2D eigenvalue weighted by Crippen LogP contribution is 2.23. The summed E-state index contributed by atoms with van der Waals surface area (Å²) in [4.78, 5) is 22.3. The Balaban J connectivity index is 1.99. The SMILES string of the molecule is Cc1c(I)cnn1CCC(=O)Nc1ccccc1[N+](=O)[O-]. The van der Waals surface area contributed by atoms with E-state index in [1.165, 1.54) is 12.1 Å². The first-order chi connectivity index (χ1) is 9.99. The highest BCUT2D eigenvalue weighted by Gasteiger charge is 2.15. The zero-order valence-electron chi connectivity index (χ0n) is 11.2. The molecule has 0 spiro atoms. The van der Waals surface area contributed by atoms with Crippen molar-refractivity contribution in [3.05, 3.63) is 49.8 Å². The Morgan fingerprint density at radius 2 is 2.19 bits per heavy atom. The third kappa shape index (κ3) is 3.78. The molecule has 8 heteroatoms. The summed E-state index contributed by atoms with van der Waals surface area (Å²) in [6.45, 7) is 2.36. The lowest BCUT2D eigenvalue weighted by molar-refractivity contribution is -0.383. The summed E-state index contributed by atoms with van der Waals surface area (Å²) in [5.41, 5.74) is 1.09. The zero-order chi connectivity index (χ0) is 15.4. The smallest absolute Gasteiger partial charge is 0.292 e. The number of nitro benzene ring substituents is 1. The van der Waals surface area contributed by atoms with Crippen molar-refractivity contribution >= 4 is 39.9 Å². The molecular formula is C13H13IN4O3. The van der Waals surface area contributed by atoms with Crippen molar-refractivity contribution in [3.63, 3.8) is 0 Å². The molecule has 0 saturated heterocycles. The minimum absolute atomic E-state index is 0.115. The van der Waals surface area contributed by atoms with E-state index in [-0.39, 0.29) is 23.7 Å². The number of aromatic nitrogens is 2. The van der Waals surface area contributed by atoms with Gasteiger partial charge in [0.2, 0.25) is 5.91 Å². The monoisotopic (exact) mass is 400 g/mol. The number of rotatable bonds is 5. The van der Waals surface area contributed by atoms with Gasteiger partial charge in [-0.2, -0.15) is 5.10 Å². The van der Waals surface area contributed by atoms with E-state index in [0.29, 0.717) is 6.54 Å². The van der Waals surface area contributed by atoms with Gasteiger partial charge in [0.05, 0.1) is 21.2 Å². The molecule has 110 valence electrons. The van der Waals surface area contributed by atoms with Crippen LogP contribution in [0.4, 0.5) is 11.4 Å². The molecule has 0 radical (unpaired) electrons. The van der Waals surface area contributed by atoms with Gasteiger partial charge in [0, 0.05) is 18.2 Å². The maximum absolute atomic E-state index is 11.9. The fourth-order valence-electron chi connectivity index (χ4n) is 1.81. The summed E-state index contributed by atoms with van der Waals surface area (Å²) in [6.07, 6.45) is 1.93. The van der Waals surface area contributed by atoms with Crippen LogP contribution in [0, 0.1) is 20.6 Å². The Labute approximate surface area is 134 Å². The summed E-state index contributed by atoms with van der Waals surface area (Å²) in [7, 11) is 0. The minimum Gasteiger partial charge on any atom is -0.320 e. The number of hydrogen-bond donors (Lipinski definition) is 1. The predicted octanol–water partition coefficient (Wildman–Crippen LogP) is 2.73. The van der Waals surface area contributed by atoms with Gasteiger partial charge in [0.15, 0.2) is 0 Å². The fraction of sp³-hybridized carbons (Fsp3) is 0.231. The van der Waals surface area contributed by atoms with Gasteiger partial charge in [-0.1, -0.05) is 12.1 Å². The minimum atomic E-state index is -0.518. The van der Waals surface area contributed by atoms with Crippen LogP contribution in [0.1, 0.15) is 12.1 Å². The first-order valence-corrected chi connectivity index (χ1v) is 7.28. The summed E-state index contributed by atoms with van der Waals surface area (Å²) in [5, 5.41) is 17.6. The predicted molar refractivity (Wildman–Crippen MR) is 86.0 cm³/mol. The Morgan fingerprint density at radius 3 is 2.81 bits per heavy atom. The van der Waals surface area contributed by atoms with Gasteiger partial charge in [-0.05, 0) is 35.6 Å². The first-order valence-electron chi connectivity index (χ1n) is 6.20. The maximum atomic E-state index is 11.9. The number of para-hydroxylation sites is 2. The molecule has 1 heterocycles. The molecule has 0 fully saturated rings. The van der Waals surface area contributed by atoms with E-state index in [9.17, 15) is 14.9 Å². The number of anilines is 1. The summed E-state index contributed by atoms with van der Waals surface area (Å²) in [5.74, 6) is -0.283. The summed E-state index contributed by atoms with van der Waals surface area (Å²) < 4.78 is 2.77. The molecule has 1 aromatic carbocycles. The van der Waals surface area contributed by atoms with Crippen LogP contribution in [0.25, 0.3) is 0 Å². The number of nitrogens with zero attached hydrogens (tertiary/aromatic N) is 3. The van der Waals surface area contributed by atoms with E-state index in [1.54, 1.807) is 23.0 Å². The third-order valence-corrected chi connectivity index (χ3v) is 4.03. The first kappa shape index (κ1) is 15.4. The number of benzene rings is 1. The topological polar surface area (TPSA) is 90.1 Å². The van der Waals surface area contributed by atoms with Crippen LogP contribution < -0.4 is 5.32 Å². The summed E-state index contributed by atoms with van der Waals surface area (Å²) in [6, 6.07) is 6.07. The van der Waals surface area contributed by atoms with Crippen LogP contribution in [-0.4, -0.2) is 20.6 Å². The van der Waals surface area contributed by atoms with E-state index in [1.807, 2.05) is 6.92 Å². The molecule has 1 amide bonds. The van der Waals surface area contributed by atoms with Crippen molar-refractivity contribution < 1.29 is 9.72 Å². The van der Waals surface area contributed by atoms with Gasteiger partial charge in [0.25, 0.3) is 5.69 Å². The highest BCUT2D eigenvalue weighted by atomic mass is 127. The fourth-order valence-corrected chi connectivity index (χ4v) is 2.21. The Morgan fingerprint density at radius 1 is 1.48 bits per heavy atom. The van der Waals surface area contributed by atoms with E-state index in [2.05, 4.69) is 33.0 Å². The van der Waals surface area contributed by atoms with Gasteiger partial charge in [-0.15, -0.1) is 0 Å². The molecule has 2 rings (SSSR count). The van der Waals surface area contributed by atoms with Gasteiger partial charge in [-0.25, -0.2) is 0 Å². The Bertz CT molecular complexity index is 684. The molecule has 0 aliphatic rings. The Kier molecular flexibility index (Phi) is 4.89. The molecule has 7 nitrogen and oxygen atoms in total. The lowest BCUT2D eigenvalue weighted by atomic mass is 10.2. The van der Waals surface area contributed by atoms with Crippen molar-refractivity contribution in [1.29, 1.82) is 0 Å². The van der Waals surface area contributed by atoms with Gasteiger partial charge in [0.1, 0.15) is 5.69 Å². The number of nitro groups is 1. The molecule has 0 aliphatic heterocycles. The van der Waals surface area contributed by atoms with E-state index >= 15 is 0 Å². The molecule has 0 bridgehead atoms. The molecule has 1 N–H and O–H groups in total. The second-order valence-corrected chi connectivity index (χ2v) is 5.54. The summed E-state index contributed by atoms with van der Waals surface area (Å²) >= 11 is 2.17. The van der Waals surface area contributed by atoms with Gasteiger partial charge >= 0.3 is 0 Å². The third-order valence-electron chi connectivity index (χ3n) is 2.97. The molecule has 2 aromatic rings. The molecule has 0 aliphatic carbocycles. The molecule has 0 saturated carbocycles. The van der Waals surface area contributed by atoms with Crippen molar-refractivity contribution in [2.75, 3.05) is 5.32 Å². The number of nitrogens with one attached hydrogen (secondary N) is 1. The number of aryl methyl sites for hydroxylation is 1. The van der Waals surface area contributed by atoms with Crippen LogP contribution >= 0.6 is 22.6 Å². The molecule has 0 atom stereocenters. The molecular weight excluding hydrogens is 387 g/mol. The number of halogens is 1. The van der Waals surface area contributed by atoms with Crippen LogP contribution in [0.2, 0.25) is 0 Å². The van der Waals surface area contributed by atoms with Crippen molar-refractivity contribution in [2.24, 2.45) is 0 Å². The lowest BCUT2D eigenvalue weighted by Gasteiger charge is -2.07. The van der Waals surface area contributed by atoms with Crippen LogP contribution in [0.5, 0.6) is 0 Å². The van der Waals surface area contributed by atoms with Gasteiger partial charge in [-0.3, -0.25) is 19.6 Å². The molecule has 21 heavy (non-hydrogen) atoms.